The molecule has 0 spiro atoms. The highest BCUT2D eigenvalue weighted by Gasteiger charge is 2.22. The van der Waals surface area contributed by atoms with Gasteiger partial charge in [0.1, 0.15) is 5.82 Å². The van der Waals surface area contributed by atoms with Crippen molar-refractivity contribution in [3.63, 3.8) is 0 Å². The van der Waals surface area contributed by atoms with Crippen LogP contribution in [0.4, 0.5) is 14.9 Å². The average Bonchev–Trinajstić information content (AvgIpc) is 2.37. The maximum absolute atomic E-state index is 13.6. The van der Waals surface area contributed by atoms with Gasteiger partial charge in [0.2, 0.25) is 0 Å². The van der Waals surface area contributed by atoms with Crippen molar-refractivity contribution in [2.75, 3.05) is 18.4 Å². The lowest BCUT2D eigenvalue weighted by Gasteiger charge is -2.28. The van der Waals surface area contributed by atoms with Gasteiger partial charge in [0.05, 0.1) is 23.4 Å². The zero-order valence-electron chi connectivity index (χ0n) is 12.2. The van der Waals surface area contributed by atoms with E-state index in [1.165, 1.54) is 4.90 Å². The number of carboxylic acid groups (broad SMARTS) is 1. The normalized spacial score (nSPS) is 11.1. The molecule has 0 saturated carbocycles. The van der Waals surface area contributed by atoms with E-state index in [0.29, 0.717) is 6.54 Å². The fourth-order valence-corrected chi connectivity index (χ4v) is 1.74. The van der Waals surface area contributed by atoms with Crippen LogP contribution in [0.15, 0.2) is 18.2 Å². The Hall–Kier alpha value is -2.15. The molecule has 0 bridgehead atoms. The van der Waals surface area contributed by atoms with Gasteiger partial charge >= 0.3 is 12.0 Å². The molecule has 0 atom stereocenters. The molecule has 0 aliphatic carbocycles. The molecule has 0 unspecified atom stereocenters. The third kappa shape index (κ3) is 5.03. The van der Waals surface area contributed by atoms with Gasteiger partial charge in [-0.25, -0.2) is 14.0 Å². The molecule has 7 heteroatoms. The summed E-state index contributed by atoms with van der Waals surface area (Å²) in [6, 6.07) is 2.53. The SMILES string of the molecule is CCN(CC(C)(C)O)C(=O)Nc1cc(C(=O)O)ccc1F. The molecule has 3 N–H and O–H groups in total. The number of carbonyl (C=O) groups excluding carboxylic acids is 1. The number of carbonyl (C=O) groups is 2. The van der Waals surface area contributed by atoms with Crippen molar-refractivity contribution >= 4 is 17.7 Å². The van der Waals surface area contributed by atoms with Gasteiger partial charge in [-0.15, -0.1) is 0 Å². The van der Waals surface area contributed by atoms with Crippen LogP contribution >= 0.6 is 0 Å². The van der Waals surface area contributed by atoms with E-state index in [9.17, 15) is 19.1 Å². The fraction of sp³-hybridized carbons (Fsp3) is 0.429. The zero-order chi connectivity index (χ0) is 16.2. The van der Waals surface area contributed by atoms with E-state index in [0.717, 1.165) is 18.2 Å². The second-order valence-corrected chi connectivity index (χ2v) is 5.26. The predicted octanol–water partition coefficient (Wildman–Crippen LogP) is 2.15. The van der Waals surface area contributed by atoms with Crippen LogP contribution in [0.5, 0.6) is 0 Å². The van der Waals surface area contributed by atoms with Gasteiger partial charge in [-0.05, 0) is 39.0 Å². The Bertz CT molecular complexity index is 540. The fourth-order valence-electron chi connectivity index (χ4n) is 1.74. The minimum Gasteiger partial charge on any atom is -0.478 e. The summed E-state index contributed by atoms with van der Waals surface area (Å²) in [6.07, 6.45) is 0. The van der Waals surface area contributed by atoms with Gasteiger partial charge in [-0.1, -0.05) is 0 Å². The van der Waals surface area contributed by atoms with Gasteiger partial charge in [0.15, 0.2) is 0 Å². The molecule has 0 radical (unpaired) electrons. The molecule has 0 heterocycles. The van der Waals surface area contributed by atoms with Crippen molar-refractivity contribution in [1.82, 2.24) is 4.90 Å². The molecule has 6 nitrogen and oxygen atoms in total. The largest absolute Gasteiger partial charge is 0.478 e. The van der Waals surface area contributed by atoms with E-state index in [4.69, 9.17) is 5.11 Å². The molecule has 2 amide bonds. The number of amides is 2. The number of benzene rings is 1. The number of urea groups is 1. The van der Waals surface area contributed by atoms with Crippen LogP contribution in [-0.2, 0) is 0 Å². The Morgan fingerprint density at radius 1 is 1.38 bits per heavy atom. The molecule has 0 aliphatic heterocycles. The molecule has 21 heavy (non-hydrogen) atoms. The van der Waals surface area contributed by atoms with Crippen LogP contribution in [0.1, 0.15) is 31.1 Å². The van der Waals surface area contributed by atoms with Crippen LogP contribution in [-0.4, -0.2) is 45.8 Å². The Morgan fingerprint density at radius 2 is 2.00 bits per heavy atom. The Morgan fingerprint density at radius 3 is 2.48 bits per heavy atom. The molecular formula is C14H19FN2O4. The van der Waals surface area contributed by atoms with Crippen LogP contribution in [0.25, 0.3) is 0 Å². The van der Waals surface area contributed by atoms with Crippen molar-refractivity contribution in [2.24, 2.45) is 0 Å². The molecule has 116 valence electrons. The lowest BCUT2D eigenvalue weighted by atomic mass is 10.1. The number of likely N-dealkylation sites (N-methyl/N-ethyl adjacent to an activating group) is 1. The number of hydrogen-bond donors (Lipinski definition) is 3. The standard InChI is InChI=1S/C14H19FN2O4/c1-4-17(8-14(2,3)21)13(20)16-11-7-9(12(18)19)5-6-10(11)15/h5-7,21H,4,8H2,1-3H3,(H,16,20)(H,18,19). The third-order valence-corrected chi connectivity index (χ3v) is 2.70. The van der Waals surface area contributed by atoms with Crippen molar-refractivity contribution in [3.05, 3.63) is 29.6 Å². The molecule has 1 aromatic carbocycles. The van der Waals surface area contributed by atoms with Crippen LogP contribution < -0.4 is 5.32 Å². The quantitative estimate of drug-likeness (QED) is 0.777. The van der Waals surface area contributed by atoms with E-state index in [-0.39, 0.29) is 17.8 Å². The number of rotatable bonds is 5. The van der Waals surface area contributed by atoms with Gasteiger partial charge in [0.25, 0.3) is 0 Å². The summed E-state index contributed by atoms with van der Waals surface area (Å²) in [5.74, 6) is -1.94. The summed E-state index contributed by atoms with van der Waals surface area (Å²) in [5, 5.41) is 20.9. The first-order chi connectivity index (χ1) is 9.64. The molecule has 1 rings (SSSR count). The second kappa shape index (κ2) is 6.53. The number of anilines is 1. The average molecular weight is 298 g/mol. The van der Waals surface area contributed by atoms with Crippen molar-refractivity contribution in [3.8, 4) is 0 Å². The first kappa shape index (κ1) is 16.9. The number of hydrogen-bond acceptors (Lipinski definition) is 3. The first-order valence-electron chi connectivity index (χ1n) is 6.45. The highest BCUT2D eigenvalue weighted by Crippen LogP contribution is 2.17. The van der Waals surface area contributed by atoms with Gasteiger partial charge in [-0.3, -0.25) is 0 Å². The predicted molar refractivity (Wildman–Crippen MR) is 75.9 cm³/mol. The third-order valence-electron chi connectivity index (χ3n) is 2.70. The second-order valence-electron chi connectivity index (χ2n) is 5.26. The van der Waals surface area contributed by atoms with E-state index in [1.807, 2.05) is 0 Å². The van der Waals surface area contributed by atoms with Crippen molar-refractivity contribution in [1.29, 1.82) is 0 Å². The molecule has 0 aliphatic rings. The summed E-state index contributed by atoms with van der Waals surface area (Å²) in [6.45, 7) is 5.20. The van der Waals surface area contributed by atoms with E-state index in [1.54, 1.807) is 20.8 Å². The minimum atomic E-state index is -1.21. The number of nitrogens with one attached hydrogen (secondary N) is 1. The number of nitrogens with zero attached hydrogens (tertiary/aromatic N) is 1. The van der Waals surface area contributed by atoms with Crippen LogP contribution in [0, 0.1) is 5.82 Å². The van der Waals surface area contributed by atoms with Crippen molar-refractivity contribution in [2.45, 2.75) is 26.4 Å². The number of carboxylic acids is 1. The maximum Gasteiger partial charge on any atom is 0.335 e. The molecule has 0 saturated heterocycles. The van der Waals surface area contributed by atoms with Crippen LogP contribution in [0.3, 0.4) is 0 Å². The smallest absolute Gasteiger partial charge is 0.335 e. The molecule has 0 aromatic heterocycles. The summed E-state index contributed by atoms with van der Waals surface area (Å²) in [7, 11) is 0. The minimum absolute atomic E-state index is 0.0651. The Kier molecular flexibility index (Phi) is 5.26. The zero-order valence-corrected chi connectivity index (χ0v) is 12.2. The molecule has 0 fully saturated rings. The molecular weight excluding hydrogens is 279 g/mol. The van der Waals surface area contributed by atoms with Crippen molar-refractivity contribution < 1.29 is 24.2 Å². The van der Waals surface area contributed by atoms with E-state index >= 15 is 0 Å². The highest BCUT2D eigenvalue weighted by atomic mass is 19.1. The summed E-state index contributed by atoms with van der Waals surface area (Å²) < 4.78 is 13.6. The summed E-state index contributed by atoms with van der Waals surface area (Å²) >= 11 is 0. The summed E-state index contributed by atoms with van der Waals surface area (Å²) in [5.41, 5.74) is -1.43. The highest BCUT2D eigenvalue weighted by molar-refractivity contribution is 5.93. The first-order valence-corrected chi connectivity index (χ1v) is 6.45. The van der Waals surface area contributed by atoms with Gasteiger partial charge in [0, 0.05) is 6.54 Å². The van der Waals surface area contributed by atoms with Gasteiger partial charge < -0.3 is 20.4 Å². The Labute approximate surface area is 122 Å². The number of aliphatic hydroxyl groups is 1. The van der Waals surface area contributed by atoms with Crippen LogP contribution in [0.2, 0.25) is 0 Å². The lowest BCUT2D eigenvalue weighted by molar-refractivity contribution is 0.0501. The van der Waals surface area contributed by atoms with E-state index < -0.39 is 23.4 Å². The summed E-state index contributed by atoms with van der Waals surface area (Å²) in [4.78, 5) is 24.2. The van der Waals surface area contributed by atoms with E-state index in [2.05, 4.69) is 5.32 Å². The Balaban J connectivity index is 2.91. The lowest BCUT2D eigenvalue weighted by Crippen LogP contribution is -2.44. The van der Waals surface area contributed by atoms with Gasteiger partial charge in [-0.2, -0.15) is 0 Å². The topological polar surface area (TPSA) is 89.9 Å². The monoisotopic (exact) mass is 298 g/mol. The number of aromatic carboxylic acids is 1. The number of halogens is 1. The maximum atomic E-state index is 13.6. The molecule has 1 aromatic rings.